The Bertz CT molecular complexity index is 1410. The summed E-state index contributed by atoms with van der Waals surface area (Å²) in [6.45, 7) is 4.00. The molecule has 0 unspecified atom stereocenters. The summed E-state index contributed by atoms with van der Waals surface area (Å²) < 4.78 is 16.4. The largest absolute Gasteiger partial charge is 0.493 e. The quantitative estimate of drug-likeness (QED) is 0.234. The highest BCUT2D eigenvalue weighted by Gasteiger charge is 2.24. The van der Waals surface area contributed by atoms with Gasteiger partial charge in [-0.15, -0.1) is 0 Å². The van der Waals surface area contributed by atoms with E-state index < -0.39 is 0 Å². The fraction of sp³-hybridized carbons (Fsp3) is 0.321. The van der Waals surface area contributed by atoms with Crippen molar-refractivity contribution in [3.05, 3.63) is 58.4 Å². The van der Waals surface area contributed by atoms with E-state index in [-0.39, 0.29) is 5.78 Å². The summed E-state index contributed by atoms with van der Waals surface area (Å²) in [7, 11) is 4.60. The number of ether oxygens (including phenoxy) is 3. The number of aryl methyl sites for hydroxylation is 1. The fourth-order valence-corrected chi connectivity index (χ4v) is 5.63. The standard InChI is InChI=1S/C28H30N4O4S/c1-17-24(37-28(29-17)32-12-8-5-9-13-32)16-19(27-30-20-10-6-7-11-21(20)31-27)25(33)18-14-22(34-2)26(36-4)23(15-18)35-3/h6-7,10-11,14-16H,5,8-9,12-13H2,1-4H3,(H,30,31)/b19-16-. The van der Waals surface area contributed by atoms with Crippen LogP contribution >= 0.6 is 11.3 Å². The summed E-state index contributed by atoms with van der Waals surface area (Å²) in [6.07, 6.45) is 5.50. The highest BCUT2D eigenvalue weighted by molar-refractivity contribution is 7.16. The molecule has 192 valence electrons. The summed E-state index contributed by atoms with van der Waals surface area (Å²) in [5, 5.41) is 0.993. The molecule has 0 saturated carbocycles. The zero-order chi connectivity index (χ0) is 25.9. The molecule has 0 amide bonds. The first-order chi connectivity index (χ1) is 18.0. The molecule has 0 bridgehead atoms. The van der Waals surface area contributed by atoms with Gasteiger partial charge in [0.1, 0.15) is 5.82 Å². The zero-order valence-corrected chi connectivity index (χ0v) is 22.3. The van der Waals surface area contributed by atoms with E-state index in [1.807, 2.05) is 37.3 Å². The van der Waals surface area contributed by atoms with E-state index in [9.17, 15) is 4.79 Å². The molecule has 2 aromatic carbocycles. The number of nitrogens with zero attached hydrogens (tertiary/aromatic N) is 3. The fourth-order valence-electron chi connectivity index (χ4n) is 4.57. The van der Waals surface area contributed by atoms with Crippen molar-refractivity contribution >= 4 is 44.9 Å². The first kappa shape index (κ1) is 24.8. The van der Waals surface area contributed by atoms with Crippen molar-refractivity contribution in [2.45, 2.75) is 26.2 Å². The van der Waals surface area contributed by atoms with Gasteiger partial charge in [0.05, 0.1) is 48.5 Å². The number of nitrogens with one attached hydrogen (secondary N) is 1. The van der Waals surface area contributed by atoms with Crippen molar-refractivity contribution in [1.29, 1.82) is 0 Å². The zero-order valence-electron chi connectivity index (χ0n) is 21.5. The Morgan fingerprint density at radius 1 is 1.00 bits per heavy atom. The second-order valence-electron chi connectivity index (χ2n) is 8.90. The minimum atomic E-state index is -0.217. The predicted octanol–water partition coefficient (Wildman–Crippen LogP) is 5.77. The van der Waals surface area contributed by atoms with Crippen LogP contribution in [0.25, 0.3) is 22.7 Å². The van der Waals surface area contributed by atoms with Gasteiger partial charge in [-0.25, -0.2) is 9.97 Å². The number of aromatic amines is 1. The number of aromatic nitrogens is 3. The van der Waals surface area contributed by atoms with Crippen LogP contribution in [-0.4, -0.2) is 55.2 Å². The maximum absolute atomic E-state index is 14.1. The summed E-state index contributed by atoms with van der Waals surface area (Å²) in [5.74, 6) is 1.53. The van der Waals surface area contributed by atoms with Gasteiger partial charge in [0.25, 0.3) is 0 Å². The minimum Gasteiger partial charge on any atom is -0.493 e. The molecule has 1 N–H and O–H groups in total. The molecular weight excluding hydrogens is 488 g/mol. The van der Waals surface area contributed by atoms with E-state index in [0.29, 0.717) is 34.2 Å². The van der Waals surface area contributed by atoms with Gasteiger partial charge in [-0.1, -0.05) is 23.5 Å². The molecule has 1 saturated heterocycles. The summed E-state index contributed by atoms with van der Waals surface area (Å²) in [5.41, 5.74) is 3.37. The third-order valence-corrected chi connectivity index (χ3v) is 7.70. The van der Waals surface area contributed by atoms with Crippen LogP contribution < -0.4 is 19.1 Å². The summed E-state index contributed by atoms with van der Waals surface area (Å²) >= 11 is 1.61. The molecule has 0 aliphatic carbocycles. The third kappa shape index (κ3) is 4.91. The Labute approximate surface area is 219 Å². The number of imidazole rings is 1. The number of benzene rings is 2. The van der Waals surface area contributed by atoms with E-state index in [1.165, 1.54) is 40.6 Å². The number of rotatable bonds is 8. The molecule has 1 aliphatic heterocycles. The number of thiazole rings is 1. The number of hydrogen-bond donors (Lipinski definition) is 1. The Balaban J connectivity index is 1.63. The molecule has 5 rings (SSSR count). The number of H-pyrrole nitrogens is 1. The highest BCUT2D eigenvalue weighted by atomic mass is 32.1. The van der Waals surface area contributed by atoms with Crippen LogP contribution in [0, 0.1) is 6.92 Å². The molecule has 9 heteroatoms. The number of piperidine rings is 1. The number of anilines is 1. The van der Waals surface area contributed by atoms with Crippen molar-refractivity contribution in [3.8, 4) is 17.2 Å². The van der Waals surface area contributed by atoms with Gasteiger partial charge in [-0.05, 0) is 56.5 Å². The third-order valence-electron chi connectivity index (χ3n) is 6.54. The lowest BCUT2D eigenvalue weighted by Crippen LogP contribution is -2.29. The molecular formula is C28H30N4O4S. The molecule has 8 nitrogen and oxygen atoms in total. The van der Waals surface area contributed by atoms with Crippen molar-refractivity contribution in [3.63, 3.8) is 0 Å². The van der Waals surface area contributed by atoms with E-state index in [1.54, 1.807) is 23.5 Å². The average Bonchev–Trinajstić information content (AvgIpc) is 3.54. The van der Waals surface area contributed by atoms with Crippen molar-refractivity contribution in [1.82, 2.24) is 15.0 Å². The van der Waals surface area contributed by atoms with E-state index in [4.69, 9.17) is 24.2 Å². The second-order valence-corrected chi connectivity index (χ2v) is 9.91. The maximum Gasteiger partial charge on any atom is 0.203 e. The van der Waals surface area contributed by atoms with Gasteiger partial charge in [0.15, 0.2) is 22.4 Å². The van der Waals surface area contributed by atoms with Crippen LogP contribution in [0.15, 0.2) is 36.4 Å². The van der Waals surface area contributed by atoms with E-state index in [2.05, 4.69) is 9.88 Å². The smallest absolute Gasteiger partial charge is 0.203 e. The molecule has 0 radical (unpaired) electrons. The van der Waals surface area contributed by atoms with Crippen LogP contribution in [0.2, 0.25) is 0 Å². The van der Waals surface area contributed by atoms with Crippen molar-refractivity contribution in [2.24, 2.45) is 0 Å². The van der Waals surface area contributed by atoms with Crippen molar-refractivity contribution in [2.75, 3.05) is 39.3 Å². The van der Waals surface area contributed by atoms with Crippen LogP contribution in [0.1, 0.15) is 46.0 Å². The first-order valence-corrected chi connectivity index (χ1v) is 13.1. The van der Waals surface area contributed by atoms with E-state index in [0.717, 1.165) is 39.8 Å². The molecule has 4 aromatic rings. The van der Waals surface area contributed by atoms with Gasteiger partial charge in [-0.3, -0.25) is 4.79 Å². The van der Waals surface area contributed by atoms with Crippen LogP contribution in [0.3, 0.4) is 0 Å². The SMILES string of the molecule is COc1cc(C(=O)/C(=C/c2sc(N3CCCCC3)nc2C)c2nc3ccccc3[nH]2)cc(OC)c1OC. The molecule has 1 aliphatic rings. The van der Waals surface area contributed by atoms with E-state index >= 15 is 0 Å². The number of carbonyl (C=O) groups is 1. The Kier molecular flexibility index (Phi) is 7.14. The molecule has 2 aromatic heterocycles. The first-order valence-electron chi connectivity index (χ1n) is 12.3. The van der Waals surface area contributed by atoms with Crippen LogP contribution in [0.5, 0.6) is 17.2 Å². The number of fused-ring (bicyclic) bond motifs is 1. The predicted molar refractivity (Wildman–Crippen MR) is 147 cm³/mol. The summed E-state index contributed by atoms with van der Waals surface area (Å²) in [6, 6.07) is 11.1. The number of allylic oxidation sites excluding steroid dienone is 1. The van der Waals surface area contributed by atoms with Crippen LogP contribution in [0.4, 0.5) is 5.13 Å². The average molecular weight is 519 g/mol. The second kappa shape index (κ2) is 10.6. The maximum atomic E-state index is 14.1. The molecule has 1 fully saturated rings. The van der Waals surface area contributed by atoms with Gasteiger partial charge >= 0.3 is 0 Å². The lowest BCUT2D eigenvalue weighted by Gasteiger charge is -2.25. The normalized spacial score (nSPS) is 14.2. The van der Waals surface area contributed by atoms with Gasteiger partial charge < -0.3 is 24.1 Å². The number of Topliss-reactive ketones (excluding diaryl/α,β-unsaturated/α-hetero) is 1. The summed E-state index contributed by atoms with van der Waals surface area (Å²) in [4.78, 5) is 30.2. The topological polar surface area (TPSA) is 89.6 Å². The highest BCUT2D eigenvalue weighted by Crippen LogP contribution is 2.40. The molecule has 37 heavy (non-hydrogen) atoms. The number of methoxy groups -OCH3 is 3. The molecule has 3 heterocycles. The van der Waals surface area contributed by atoms with Crippen molar-refractivity contribution < 1.29 is 19.0 Å². The van der Waals surface area contributed by atoms with Gasteiger partial charge in [0.2, 0.25) is 5.75 Å². The monoisotopic (exact) mass is 518 g/mol. The molecule has 0 atom stereocenters. The van der Waals surface area contributed by atoms with Gasteiger partial charge in [0, 0.05) is 18.7 Å². The minimum absolute atomic E-state index is 0.217. The number of carbonyl (C=O) groups excluding carboxylic acids is 1. The Morgan fingerprint density at radius 3 is 2.35 bits per heavy atom. The number of para-hydroxylation sites is 2. The Morgan fingerprint density at radius 2 is 1.70 bits per heavy atom. The van der Waals surface area contributed by atoms with Gasteiger partial charge in [-0.2, -0.15) is 0 Å². The Hall–Kier alpha value is -3.85. The lowest BCUT2D eigenvalue weighted by molar-refractivity contribution is 0.105. The molecule has 0 spiro atoms. The lowest BCUT2D eigenvalue weighted by atomic mass is 10.0. The number of ketones is 1. The number of hydrogen-bond acceptors (Lipinski definition) is 8. The van der Waals surface area contributed by atoms with Crippen LogP contribution in [-0.2, 0) is 0 Å².